The second kappa shape index (κ2) is 6.77. The van der Waals surface area contributed by atoms with E-state index in [0.29, 0.717) is 17.8 Å². The van der Waals surface area contributed by atoms with Crippen molar-refractivity contribution in [2.75, 3.05) is 32.1 Å². The Morgan fingerprint density at radius 2 is 2.20 bits per heavy atom. The summed E-state index contributed by atoms with van der Waals surface area (Å²) in [5.41, 5.74) is 2.30. The monoisotopic (exact) mass is 295 g/mol. The van der Waals surface area contributed by atoms with Gasteiger partial charge >= 0.3 is 0 Å². The third kappa shape index (κ3) is 3.64. The average Bonchev–Trinajstić information content (AvgIpc) is 2.45. The first-order chi connectivity index (χ1) is 9.51. The second-order valence-corrected chi connectivity index (χ2v) is 6.48. The van der Waals surface area contributed by atoms with Gasteiger partial charge in [0, 0.05) is 31.2 Å². The number of hydrogen-bond acceptors (Lipinski definition) is 3. The van der Waals surface area contributed by atoms with Gasteiger partial charge in [-0.15, -0.1) is 11.6 Å². The molecule has 2 heterocycles. The van der Waals surface area contributed by atoms with E-state index < -0.39 is 0 Å². The van der Waals surface area contributed by atoms with Crippen molar-refractivity contribution in [1.82, 2.24) is 9.88 Å². The summed E-state index contributed by atoms with van der Waals surface area (Å²) in [6.45, 7) is 6.67. The Morgan fingerprint density at radius 1 is 1.45 bits per heavy atom. The fourth-order valence-corrected chi connectivity index (χ4v) is 2.94. The molecule has 1 aliphatic heterocycles. The molecule has 20 heavy (non-hydrogen) atoms. The van der Waals surface area contributed by atoms with Gasteiger partial charge in [0.05, 0.1) is 0 Å². The molecule has 4 heteroatoms. The third-order valence-corrected chi connectivity index (χ3v) is 4.45. The van der Waals surface area contributed by atoms with Crippen LogP contribution in [0.5, 0.6) is 0 Å². The van der Waals surface area contributed by atoms with Crippen LogP contribution in [0.2, 0.25) is 0 Å². The van der Waals surface area contributed by atoms with Gasteiger partial charge in [-0.3, -0.25) is 0 Å². The Bertz CT molecular complexity index is 447. The van der Waals surface area contributed by atoms with Crippen LogP contribution in [0.3, 0.4) is 0 Å². The molecule has 1 aromatic rings. The summed E-state index contributed by atoms with van der Waals surface area (Å²) >= 11 is 6.03. The van der Waals surface area contributed by atoms with Crippen LogP contribution < -0.4 is 4.90 Å². The molecule has 2 rings (SSSR count). The summed E-state index contributed by atoms with van der Waals surface area (Å²) in [4.78, 5) is 9.56. The molecule has 112 valence electrons. The highest BCUT2D eigenvalue weighted by Crippen LogP contribution is 2.24. The van der Waals surface area contributed by atoms with Gasteiger partial charge in [-0.1, -0.05) is 13.8 Å². The Hall–Kier alpha value is -0.800. The van der Waals surface area contributed by atoms with Crippen LogP contribution in [0.4, 0.5) is 5.82 Å². The number of likely N-dealkylation sites (tertiary alicyclic amines) is 1. The second-order valence-electron chi connectivity index (χ2n) is 6.22. The lowest BCUT2D eigenvalue weighted by atomic mass is 10.0. The topological polar surface area (TPSA) is 19.4 Å². The van der Waals surface area contributed by atoms with Crippen molar-refractivity contribution in [2.45, 2.75) is 44.5 Å². The van der Waals surface area contributed by atoms with Crippen LogP contribution in [0, 0.1) is 0 Å². The van der Waals surface area contributed by atoms with E-state index in [4.69, 9.17) is 16.6 Å². The van der Waals surface area contributed by atoms with Crippen LogP contribution in [0.1, 0.15) is 43.9 Å². The number of pyridine rings is 1. The van der Waals surface area contributed by atoms with E-state index in [9.17, 15) is 0 Å². The number of hydrogen-bond donors (Lipinski definition) is 0. The van der Waals surface area contributed by atoms with E-state index in [0.717, 1.165) is 23.6 Å². The van der Waals surface area contributed by atoms with Crippen molar-refractivity contribution in [3.05, 3.63) is 23.4 Å². The van der Waals surface area contributed by atoms with E-state index in [-0.39, 0.29) is 0 Å². The van der Waals surface area contributed by atoms with E-state index in [1.54, 1.807) is 0 Å². The normalized spacial score (nSPS) is 20.4. The molecule has 0 spiro atoms. The van der Waals surface area contributed by atoms with Gasteiger partial charge < -0.3 is 9.80 Å². The van der Waals surface area contributed by atoms with Crippen molar-refractivity contribution in [2.24, 2.45) is 0 Å². The van der Waals surface area contributed by atoms with Crippen LogP contribution >= 0.6 is 11.6 Å². The van der Waals surface area contributed by atoms with E-state index >= 15 is 0 Å². The molecule has 1 fully saturated rings. The highest BCUT2D eigenvalue weighted by atomic mass is 35.5. The summed E-state index contributed by atoms with van der Waals surface area (Å²) in [5, 5.41) is 0. The minimum Gasteiger partial charge on any atom is -0.355 e. The Kier molecular flexibility index (Phi) is 5.28. The maximum absolute atomic E-state index is 6.03. The molecule has 0 N–H and O–H groups in total. The van der Waals surface area contributed by atoms with Gasteiger partial charge in [0.15, 0.2) is 0 Å². The first kappa shape index (κ1) is 15.6. The van der Waals surface area contributed by atoms with Crippen LogP contribution in [0.25, 0.3) is 0 Å². The largest absolute Gasteiger partial charge is 0.355 e. The number of nitrogens with zero attached hydrogens (tertiary/aromatic N) is 3. The predicted molar refractivity (Wildman–Crippen MR) is 86.8 cm³/mol. The first-order valence-electron chi connectivity index (χ1n) is 7.49. The molecule has 0 aliphatic carbocycles. The quantitative estimate of drug-likeness (QED) is 0.793. The van der Waals surface area contributed by atoms with Crippen molar-refractivity contribution in [3.8, 4) is 0 Å². The maximum Gasteiger partial charge on any atom is 0.129 e. The summed E-state index contributed by atoms with van der Waals surface area (Å²) in [6, 6.07) is 4.81. The van der Waals surface area contributed by atoms with Gasteiger partial charge in [0.1, 0.15) is 5.82 Å². The smallest absolute Gasteiger partial charge is 0.129 e. The van der Waals surface area contributed by atoms with Crippen molar-refractivity contribution in [3.63, 3.8) is 0 Å². The zero-order valence-corrected chi connectivity index (χ0v) is 13.8. The predicted octanol–water partition coefficient (Wildman–Crippen LogP) is 3.47. The minimum atomic E-state index is 0.430. The molecule has 1 aliphatic rings. The molecule has 1 saturated heterocycles. The first-order valence-corrected chi connectivity index (χ1v) is 8.03. The van der Waals surface area contributed by atoms with Gasteiger partial charge in [0.2, 0.25) is 0 Å². The van der Waals surface area contributed by atoms with Crippen LogP contribution in [0.15, 0.2) is 12.1 Å². The molecule has 0 saturated carbocycles. The van der Waals surface area contributed by atoms with Crippen molar-refractivity contribution in [1.29, 1.82) is 0 Å². The van der Waals surface area contributed by atoms with Gasteiger partial charge in [0.25, 0.3) is 0 Å². The molecule has 1 aromatic heterocycles. The molecular weight excluding hydrogens is 270 g/mol. The maximum atomic E-state index is 6.03. The van der Waals surface area contributed by atoms with E-state index in [2.05, 4.69) is 49.9 Å². The van der Waals surface area contributed by atoms with Crippen molar-refractivity contribution >= 4 is 17.4 Å². The molecule has 0 radical (unpaired) electrons. The summed E-state index contributed by atoms with van der Waals surface area (Å²) in [7, 11) is 4.36. The molecule has 0 amide bonds. The molecule has 0 aromatic carbocycles. The fourth-order valence-electron chi connectivity index (χ4n) is 2.79. The molecule has 1 unspecified atom stereocenters. The number of rotatable bonds is 4. The van der Waals surface area contributed by atoms with Gasteiger partial charge in [-0.05, 0) is 50.0 Å². The number of anilines is 1. The lowest BCUT2D eigenvalue weighted by Crippen LogP contribution is -2.45. The highest BCUT2D eigenvalue weighted by Gasteiger charge is 2.22. The Labute approximate surface area is 127 Å². The van der Waals surface area contributed by atoms with Crippen LogP contribution in [-0.2, 0) is 5.88 Å². The van der Waals surface area contributed by atoms with Gasteiger partial charge in [-0.25, -0.2) is 4.98 Å². The number of alkyl halides is 1. The minimum absolute atomic E-state index is 0.430. The highest BCUT2D eigenvalue weighted by molar-refractivity contribution is 6.17. The number of halogens is 1. The number of likely N-dealkylation sites (N-methyl/N-ethyl adjacent to an activating group) is 2. The lowest BCUT2D eigenvalue weighted by Gasteiger charge is -2.36. The van der Waals surface area contributed by atoms with E-state index in [1.165, 1.54) is 19.4 Å². The molecule has 0 bridgehead atoms. The number of aromatic nitrogens is 1. The summed E-state index contributed by atoms with van der Waals surface area (Å²) in [5.74, 6) is 2.04. The zero-order chi connectivity index (χ0) is 14.7. The van der Waals surface area contributed by atoms with Crippen molar-refractivity contribution < 1.29 is 0 Å². The zero-order valence-electron chi connectivity index (χ0n) is 13.1. The number of piperidine rings is 1. The van der Waals surface area contributed by atoms with E-state index in [1.807, 2.05) is 0 Å². The van der Waals surface area contributed by atoms with Gasteiger partial charge in [-0.2, -0.15) is 0 Å². The Balaban J connectivity index is 2.23. The SMILES string of the molecule is CC(C)c1cc(CCl)cc(N(C)C2CCCN(C)C2)n1. The molecular formula is C16H26ClN3. The third-order valence-electron chi connectivity index (χ3n) is 4.15. The fraction of sp³-hybridized carbons (Fsp3) is 0.688. The molecule has 3 nitrogen and oxygen atoms in total. The van der Waals surface area contributed by atoms with Crippen LogP contribution in [-0.4, -0.2) is 43.1 Å². The average molecular weight is 296 g/mol. The lowest BCUT2D eigenvalue weighted by molar-refractivity contribution is 0.247. The standard InChI is InChI=1S/C16H26ClN3/c1-12(2)15-8-13(10-17)9-16(18-15)20(4)14-6-5-7-19(3)11-14/h8-9,12,14H,5-7,10-11H2,1-4H3. The Morgan fingerprint density at radius 3 is 2.80 bits per heavy atom. The summed E-state index contributed by atoms with van der Waals surface area (Å²) < 4.78 is 0. The summed E-state index contributed by atoms with van der Waals surface area (Å²) in [6.07, 6.45) is 2.50. The molecule has 1 atom stereocenters.